The van der Waals surface area contributed by atoms with Crippen molar-refractivity contribution in [2.45, 2.75) is 328 Å². The topological polar surface area (TPSA) is 111 Å². The van der Waals surface area contributed by atoms with Gasteiger partial charge in [0.2, 0.25) is 5.91 Å². The predicted molar refractivity (Wildman–Crippen MR) is 360 cm³/mol. The van der Waals surface area contributed by atoms with E-state index in [0.29, 0.717) is 17.4 Å². The number of nitrogens with one attached hydrogen (secondary N) is 1. The van der Waals surface area contributed by atoms with Crippen molar-refractivity contribution in [3.8, 4) is 0 Å². The molecule has 0 aromatic heterocycles. The first kappa shape index (κ1) is 80.2. The van der Waals surface area contributed by atoms with Crippen molar-refractivity contribution >= 4 is 19.7 Å². The van der Waals surface area contributed by atoms with E-state index in [1.54, 1.807) is 0 Å². The van der Waals surface area contributed by atoms with Gasteiger partial charge in [-0.05, 0) is 109 Å². The number of unbranched alkanes of at least 4 members (excludes halogenated alkanes) is 35. The van der Waals surface area contributed by atoms with Gasteiger partial charge >= 0.3 is 13.8 Å². The van der Waals surface area contributed by atoms with E-state index in [4.69, 9.17) is 13.8 Å². The first-order valence-electron chi connectivity index (χ1n) is 34.9. The van der Waals surface area contributed by atoms with Crippen LogP contribution in [0.25, 0.3) is 0 Å². The normalized spacial score (nSPS) is 14.1. The van der Waals surface area contributed by atoms with Crippen molar-refractivity contribution in [2.75, 3.05) is 40.9 Å². The molecular weight excluding hydrogens is 1050 g/mol. The number of phosphoric acid groups is 1. The van der Waals surface area contributed by atoms with Crippen LogP contribution in [0.1, 0.15) is 316 Å². The van der Waals surface area contributed by atoms with Crippen LogP contribution in [0.15, 0.2) is 85.1 Å². The third-order valence-electron chi connectivity index (χ3n) is 15.3. The number of allylic oxidation sites excluding steroid dienone is 13. The fourth-order valence-corrected chi connectivity index (χ4v) is 10.6. The second-order valence-corrected chi connectivity index (χ2v) is 26.1. The molecule has 0 aliphatic heterocycles. The number of carbonyl (C=O) groups excluding carboxylic acids is 2. The van der Waals surface area contributed by atoms with Crippen LogP contribution in [0.4, 0.5) is 0 Å². The number of likely N-dealkylation sites (N-methyl/N-ethyl adjacent to an activating group) is 1. The molecule has 0 bridgehead atoms. The number of nitrogens with zero attached hydrogens (tertiary/aromatic N) is 1. The highest BCUT2D eigenvalue weighted by molar-refractivity contribution is 7.47. The highest BCUT2D eigenvalue weighted by atomic mass is 31.2. The molecule has 0 rings (SSSR count). The van der Waals surface area contributed by atoms with Crippen LogP contribution in [0.5, 0.6) is 0 Å². The van der Waals surface area contributed by atoms with Gasteiger partial charge < -0.3 is 19.4 Å². The maximum absolute atomic E-state index is 13.6. The zero-order chi connectivity index (χ0) is 60.7. The summed E-state index contributed by atoms with van der Waals surface area (Å²) in [6, 6.07) is -0.856. The monoisotopic (exact) mass is 1180 g/mol. The summed E-state index contributed by atoms with van der Waals surface area (Å²) in [7, 11) is 1.49. The Morgan fingerprint density at radius 3 is 1.12 bits per heavy atom. The molecule has 9 nitrogen and oxygen atoms in total. The lowest BCUT2D eigenvalue weighted by molar-refractivity contribution is -0.870. The van der Waals surface area contributed by atoms with Gasteiger partial charge in [0.25, 0.3) is 0 Å². The molecule has 0 saturated carbocycles. The molecule has 3 atom stereocenters. The largest absolute Gasteiger partial charge is 0.472 e. The van der Waals surface area contributed by atoms with E-state index in [1.165, 1.54) is 199 Å². The third kappa shape index (κ3) is 63.5. The minimum absolute atomic E-state index is 0.0365. The average molecular weight is 1180 g/mol. The fraction of sp³-hybridized carbons (Fsp3) is 0.781. The van der Waals surface area contributed by atoms with Gasteiger partial charge in [-0.1, -0.05) is 280 Å². The molecule has 0 aromatic carbocycles. The Morgan fingerprint density at radius 2 is 0.735 bits per heavy atom. The van der Waals surface area contributed by atoms with Crippen molar-refractivity contribution < 1.29 is 37.3 Å². The van der Waals surface area contributed by atoms with Gasteiger partial charge in [-0.25, -0.2) is 4.57 Å². The lowest BCUT2D eigenvalue weighted by atomic mass is 10.0. The summed E-state index contributed by atoms with van der Waals surface area (Å²) < 4.78 is 30.8. The van der Waals surface area contributed by atoms with Crippen molar-refractivity contribution in [3.05, 3.63) is 85.1 Å². The van der Waals surface area contributed by atoms with E-state index in [1.807, 2.05) is 33.3 Å². The van der Waals surface area contributed by atoms with E-state index >= 15 is 0 Å². The second kappa shape index (κ2) is 62.2. The van der Waals surface area contributed by atoms with Gasteiger partial charge in [0.15, 0.2) is 0 Å². The van der Waals surface area contributed by atoms with Crippen LogP contribution in [-0.2, 0) is 27.9 Å². The number of ether oxygens (including phenoxy) is 1. The van der Waals surface area contributed by atoms with Crippen LogP contribution in [0, 0.1) is 0 Å². The van der Waals surface area contributed by atoms with E-state index in [2.05, 4.69) is 99.0 Å². The maximum atomic E-state index is 13.6. The Labute approximate surface area is 514 Å². The molecule has 0 aliphatic rings. The van der Waals surface area contributed by atoms with E-state index in [0.717, 1.165) is 83.5 Å². The number of carbonyl (C=O) groups is 2. The summed E-state index contributed by atoms with van der Waals surface area (Å²) in [5.74, 6) is -0.509. The van der Waals surface area contributed by atoms with E-state index in [-0.39, 0.29) is 31.5 Å². The molecule has 0 heterocycles. The first-order valence-corrected chi connectivity index (χ1v) is 36.4. The Bertz CT molecular complexity index is 1700. The van der Waals surface area contributed by atoms with Gasteiger partial charge in [0, 0.05) is 12.8 Å². The molecule has 0 fully saturated rings. The summed E-state index contributed by atoms with van der Waals surface area (Å²) in [4.78, 5) is 37.8. The Kier molecular flexibility index (Phi) is 60.1. The number of amides is 1. The van der Waals surface area contributed by atoms with Crippen LogP contribution in [0.2, 0.25) is 0 Å². The molecule has 83 heavy (non-hydrogen) atoms. The minimum Gasteiger partial charge on any atom is -0.456 e. The smallest absolute Gasteiger partial charge is 0.456 e. The number of hydrogen-bond acceptors (Lipinski definition) is 6. The molecule has 0 radical (unpaired) electrons. The van der Waals surface area contributed by atoms with Gasteiger partial charge in [0.05, 0.1) is 33.8 Å². The van der Waals surface area contributed by atoms with Crippen molar-refractivity contribution in [1.29, 1.82) is 0 Å². The quantitative estimate of drug-likeness (QED) is 0.0205. The second-order valence-electron chi connectivity index (χ2n) is 24.7. The Morgan fingerprint density at radius 1 is 0.422 bits per heavy atom. The predicted octanol–water partition coefficient (Wildman–Crippen LogP) is 22.1. The molecule has 0 aliphatic carbocycles. The summed E-state index contributed by atoms with van der Waals surface area (Å²) in [6.45, 7) is 6.97. The molecule has 10 heteroatoms. The van der Waals surface area contributed by atoms with Crippen LogP contribution >= 0.6 is 7.82 Å². The summed E-state index contributed by atoms with van der Waals surface area (Å²) in [5.41, 5.74) is 0. The van der Waals surface area contributed by atoms with E-state index < -0.39 is 20.0 Å². The molecule has 2 N–H and O–H groups in total. The molecule has 3 unspecified atom stereocenters. The molecule has 0 aromatic rings. The highest BCUT2D eigenvalue weighted by Gasteiger charge is 2.30. The molecule has 1 amide bonds. The molecule has 0 saturated heterocycles. The highest BCUT2D eigenvalue weighted by Crippen LogP contribution is 2.43. The van der Waals surface area contributed by atoms with Gasteiger partial charge in [-0.3, -0.25) is 18.6 Å². The SMILES string of the molecule is CCCCC/C=C\C/C=C\C/C=C\C/C=C\CCCCCCCCCCCCCC(=O)NC(COP(=O)(O)OCC[N+](C)(C)C)C(/C=C\CCCCCCCCCCC)OC(=O)CCCCCCCCCCC/C=C\C/C=C\CCCCC. The van der Waals surface area contributed by atoms with Gasteiger partial charge in [-0.15, -0.1) is 0 Å². The van der Waals surface area contributed by atoms with Crippen molar-refractivity contribution in [3.63, 3.8) is 0 Å². The van der Waals surface area contributed by atoms with Gasteiger partial charge in [-0.2, -0.15) is 0 Å². The Balaban J connectivity index is 5.04. The maximum Gasteiger partial charge on any atom is 0.472 e. The summed E-state index contributed by atoms with van der Waals surface area (Å²) >= 11 is 0. The first-order chi connectivity index (χ1) is 40.4. The van der Waals surface area contributed by atoms with Crippen LogP contribution in [0.3, 0.4) is 0 Å². The molecular formula is C73H134N2O7P+. The number of hydrogen-bond donors (Lipinski definition) is 2. The average Bonchev–Trinajstić information content (AvgIpc) is 3.51. The van der Waals surface area contributed by atoms with Crippen molar-refractivity contribution in [1.82, 2.24) is 5.32 Å². The fourth-order valence-electron chi connectivity index (χ4n) is 9.90. The van der Waals surface area contributed by atoms with Gasteiger partial charge in [0.1, 0.15) is 19.3 Å². The van der Waals surface area contributed by atoms with Crippen LogP contribution < -0.4 is 5.32 Å². The zero-order valence-electron chi connectivity index (χ0n) is 55.2. The summed E-state index contributed by atoms with van der Waals surface area (Å²) in [5, 5.41) is 3.07. The van der Waals surface area contributed by atoms with E-state index in [9.17, 15) is 19.0 Å². The zero-order valence-corrected chi connectivity index (χ0v) is 56.1. The lowest BCUT2D eigenvalue weighted by Crippen LogP contribution is -2.47. The number of phosphoric ester groups is 1. The molecule has 0 spiro atoms. The number of esters is 1. The number of quaternary nitrogens is 1. The summed E-state index contributed by atoms with van der Waals surface area (Å²) in [6.07, 6.45) is 83.0. The van der Waals surface area contributed by atoms with Crippen LogP contribution in [-0.4, -0.2) is 74.3 Å². The number of rotatable bonds is 63. The lowest BCUT2D eigenvalue weighted by Gasteiger charge is -2.27. The minimum atomic E-state index is -4.46. The third-order valence-corrected chi connectivity index (χ3v) is 16.3. The Hall–Kier alpha value is -2.81. The van der Waals surface area contributed by atoms with Crippen molar-refractivity contribution in [2.24, 2.45) is 0 Å². The standard InChI is InChI=1S/C73H133N2O7P/c1-7-10-13-16-19-22-25-27-29-31-33-34-35-36-37-38-39-40-42-43-45-47-50-53-56-59-62-65-72(76)74-70(69-81-83(78,79)80-68-67-75(4,5)6)71(64-61-58-55-52-49-24-21-18-15-12-9-3)82-73(77)66-63-60-57-54-51-48-46-44-41-32-30-28-26-23-20-17-14-11-8-2/h19-20,22-23,27-30,33-34,36-37,61,64,70-71H,7-18,21,24-26,31-32,35,38-60,62-63,65-69H2,1-6H3,(H-,74,76,78,79)/p+1/b22-19-,23-20-,29-27-,30-28-,34-33-,37-36-,64-61-. The molecule has 482 valence electrons.